The molecule has 2 aromatic rings. The molecule has 0 saturated carbocycles. The molecule has 1 N–H and O–H groups in total. The van der Waals surface area contributed by atoms with E-state index in [1.54, 1.807) is 0 Å². The Bertz CT molecular complexity index is 555. The van der Waals surface area contributed by atoms with Gasteiger partial charge in [-0.1, -0.05) is 35.9 Å². The topological polar surface area (TPSA) is 21.3 Å². The van der Waals surface area contributed by atoms with Gasteiger partial charge in [0.1, 0.15) is 12.4 Å². The van der Waals surface area contributed by atoms with E-state index in [9.17, 15) is 0 Å². The van der Waals surface area contributed by atoms with E-state index in [2.05, 4.69) is 31.3 Å². The molecule has 20 heavy (non-hydrogen) atoms. The second kappa shape index (κ2) is 6.78. The highest BCUT2D eigenvalue weighted by Gasteiger charge is 2.06. The normalized spacial score (nSPS) is 10.6. The third kappa shape index (κ3) is 3.75. The fourth-order valence-electron chi connectivity index (χ4n) is 2.31. The van der Waals surface area contributed by atoms with Gasteiger partial charge in [-0.15, -0.1) is 0 Å². The van der Waals surface area contributed by atoms with E-state index in [-0.39, 0.29) is 0 Å². The molecular weight excluding hydrogens is 270 g/mol. The SMILES string of the molecule is CNCc1cc(C)c(OCc2ccc(Cl)cc2)c(C)c1. The summed E-state index contributed by atoms with van der Waals surface area (Å²) >= 11 is 5.88. The van der Waals surface area contributed by atoms with Gasteiger partial charge in [0.15, 0.2) is 0 Å². The summed E-state index contributed by atoms with van der Waals surface area (Å²) in [6.07, 6.45) is 0. The first-order chi connectivity index (χ1) is 9.60. The second-order valence-electron chi connectivity index (χ2n) is 5.00. The molecule has 0 bridgehead atoms. The zero-order valence-electron chi connectivity index (χ0n) is 12.2. The molecule has 0 amide bonds. The van der Waals surface area contributed by atoms with E-state index < -0.39 is 0 Å². The van der Waals surface area contributed by atoms with Crippen LogP contribution in [0.15, 0.2) is 36.4 Å². The smallest absolute Gasteiger partial charge is 0.125 e. The van der Waals surface area contributed by atoms with E-state index in [1.165, 1.54) is 16.7 Å². The average molecular weight is 290 g/mol. The molecule has 0 heterocycles. The molecule has 0 saturated heterocycles. The Morgan fingerprint density at radius 3 is 2.15 bits per heavy atom. The highest BCUT2D eigenvalue weighted by atomic mass is 35.5. The fraction of sp³-hybridized carbons (Fsp3) is 0.294. The number of benzene rings is 2. The number of rotatable bonds is 5. The van der Waals surface area contributed by atoms with Gasteiger partial charge in [-0.3, -0.25) is 0 Å². The quantitative estimate of drug-likeness (QED) is 0.888. The molecule has 2 rings (SSSR count). The molecule has 0 unspecified atom stereocenters. The Balaban J connectivity index is 2.11. The maximum atomic E-state index is 5.96. The highest BCUT2D eigenvalue weighted by molar-refractivity contribution is 6.30. The second-order valence-corrected chi connectivity index (χ2v) is 5.44. The van der Waals surface area contributed by atoms with Crippen LogP contribution >= 0.6 is 11.6 Å². The van der Waals surface area contributed by atoms with E-state index in [0.717, 1.165) is 22.9 Å². The first-order valence-electron chi connectivity index (χ1n) is 6.72. The summed E-state index contributed by atoms with van der Waals surface area (Å²) in [6.45, 7) is 5.61. The molecular formula is C17H20ClNO. The predicted octanol–water partition coefficient (Wildman–Crippen LogP) is 4.26. The van der Waals surface area contributed by atoms with Crippen LogP contribution in [0.4, 0.5) is 0 Å². The van der Waals surface area contributed by atoms with Gasteiger partial charge in [-0.05, 0) is 55.3 Å². The van der Waals surface area contributed by atoms with Crippen LogP contribution in [0.1, 0.15) is 22.3 Å². The monoisotopic (exact) mass is 289 g/mol. The largest absolute Gasteiger partial charge is 0.488 e. The Morgan fingerprint density at radius 1 is 1.00 bits per heavy atom. The van der Waals surface area contributed by atoms with Crippen LogP contribution < -0.4 is 10.1 Å². The van der Waals surface area contributed by atoms with Gasteiger partial charge in [0.25, 0.3) is 0 Å². The number of hydrogen-bond donors (Lipinski definition) is 1. The first-order valence-corrected chi connectivity index (χ1v) is 7.10. The van der Waals surface area contributed by atoms with Crippen LogP contribution in [0.2, 0.25) is 5.02 Å². The lowest BCUT2D eigenvalue weighted by atomic mass is 10.1. The summed E-state index contributed by atoms with van der Waals surface area (Å²) in [5, 5.41) is 3.92. The lowest BCUT2D eigenvalue weighted by Gasteiger charge is -2.14. The van der Waals surface area contributed by atoms with Gasteiger partial charge in [0, 0.05) is 11.6 Å². The Kier molecular flexibility index (Phi) is 5.05. The molecule has 0 radical (unpaired) electrons. The molecule has 0 aliphatic carbocycles. The Morgan fingerprint density at radius 2 is 1.60 bits per heavy atom. The van der Waals surface area contributed by atoms with Crippen molar-refractivity contribution in [3.8, 4) is 5.75 Å². The van der Waals surface area contributed by atoms with Crippen LogP contribution in [0.5, 0.6) is 5.75 Å². The van der Waals surface area contributed by atoms with Crippen molar-refractivity contribution in [1.29, 1.82) is 0 Å². The number of aryl methyl sites for hydroxylation is 2. The van der Waals surface area contributed by atoms with Crippen LogP contribution in [-0.2, 0) is 13.2 Å². The summed E-state index contributed by atoms with van der Waals surface area (Å²) in [4.78, 5) is 0. The zero-order chi connectivity index (χ0) is 14.5. The molecule has 0 fully saturated rings. The number of halogens is 1. The lowest BCUT2D eigenvalue weighted by molar-refractivity contribution is 0.302. The molecule has 3 heteroatoms. The van der Waals surface area contributed by atoms with E-state index >= 15 is 0 Å². The van der Waals surface area contributed by atoms with Gasteiger partial charge in [0.2, 0.25) is 0 Å². The predicted molar refractivity (Wildman–Crippen MR) is 84.5 cm³/mol. The minimum atomic E-state index is 0.560. The Hall–Kier alpha value is -1.51. The maximum Gasteiger partial charge on any atom is 0.125 e. The Labute approximate surface area is 125 Å². The van der Waals surface area contributed by atoms with Crippen molar-refractivity contribution < 1.29 is 4.74 Å². The van der Waals surface area contributed by atoms with E-state index in [1.807, 2.05) is 31.3 Å². The summed E-state index contributed by atoms with van der Waals surface area (Å²) < 4.78 is 5.96. The molecule has 0 aliphatic rings. The van der Waals surface area contributed by atoms with E-state index in [0.29, 0.717) is 6.61 Å². The maximum absolute atomic E-state index is 5.96. The fourth-order valence-corrected chi connectivity index (χ4v) is 2.44. The third-order valence-corrected chi connectivity index (χ3v) is 3.45. The van der Waals surface area contributed by atoms with Crippen molar-refractivity contribution in [1.82, 2.24) is 5.32 Å². The van der Waals surface area contributed by atoms with Crippen molar-refractivity contribution in [2.45, 2.75) is 27.0 Å². The van der Waals surface area contributed by atoms with Gasteiger partial charge in [-0.2, -0.15) is 0 Å². The van der Waals surface area contributed by atoms with Gasteiger partial charge in [-0.25, -0.2) is 0 Å². The molecule has 106 valence electrons. The summed E-state index contributed by atoms with van der Waals surface area (Å²) in [5.41, 5.74) is 4.74. The van der Waals surface area contributed by atoms with Crippen LogP contribution in [0.25, 0.3) is 0 Å². The number of nitrogens with one attached hydrogen (secondary N) is 1. The molecule has 0 aromatic heterocycles. The minimum Gasteiger partial charge on any atom is -0.488 e. The first kappa shape index (κ1) is 14.9. The van der Waals surface area contributed by atoms with Gasteiger partial charge < -0.3 is 10.1 Å². The van der Waals surface area contributed by atoms with Crippen molar-refractivity contribution in [2.24, 2.45) is 0 Å². The lowest BCUT2D eigenvalue weighted by Crippen LogP contribution is -2.06. The minimum absolute atomic E-state index is 0.560. The number of hydrogen-bond acceptors (Lipinski definition) is 2. The summed E-state index contributed by atoms with van der Waals surface area (Å²) in [7, 11) is 1.95. The third-order valence-electron chi connectivity index (χ3n) is 3.20. The molecule has 2 nitrogen and oxygen atoms in total. The van der Waals surface area contributed by atoms with Crippen molar-refractivity contribution >= 4 is 11.6 Å². The van der Waals surface area contributed by atoms with Crippen LogP contribution in [-0.4, -0.2) is 7.05 Å². The van der Waals surface area contributed by atoms with E-state index in [4.69, 9.17) is 16.3 Å². The molecule has 0 aliphatic heterocycles. The van der Waals surface area contributed by atoms with Crippen molar-refractivity contribution in [3.05, 3.63) is 63.7 Å². The summed E-state index contributed by atoms with van der Waals surface area (Å²) in [5.74, 6) is 0.972. The van der Waals surface area contributed by atoms with Gasteiger partial charge >= 0.3 is 0 Å². The molecule has 0 atom stereocenters. The standard InChI is InChI=1S/C17H20ClNO/c1-12-8-15(10-19-3)9-13(2)17(12)20-11-14-4-6-16(18)7-5-14/h4-9,19H,10-11H2,1-3H3. The van der Waals surface area contributed by atoms with Crippen molar-refractivity contribution in [3.63, 3.8) is 0 Å². The van der Waals surface area contributed by atoms with Crippen molar-refractivity contribution in [2.75, 3.05) is 7.05 Å². The molecule has 2 aromatic carbocycles. The van der Waals surface area contributed by atoms with Gasteiger partial charge in [0.05, 0.1) is 0 Å². The number of ether oxygens (including phenoxy) is 1. The zero-order valence-corrected chi connectivity index (χ0v) is 12.9. The highest BCUT2D eigenvalue weighted by Crippen LogP contribution is 2.26. The van der Waals surface area contributed by atoms with Crippen LogP contribution in [0.3, 0.4) is 0 Å². The molecule has 0 spiro atoms. The van der Waals surface area contributed by atoms with Crippen LogP contribution in [0, 0.1) is 13.8 Å². The summed E-state index contributed by atoms with van der Waals surface area (Å²) in [6, 6.07) is 12.1. The average Bonchev–Trinajstić information content (AvgIpc) is 2.40.